The standard InChI is InChI=1S/C24H24F3N5O4S/c1-28-23(34)20-12-16(8-10-29-20)15-2-5-18(6-3-15)37(35,36)32-11-9-19(21(33)14-32)31-22-7-4-17(13-30-22)24(25,26)27/h2-8,10,12-13,19,21,33H,9,11,14H2,1H3,(H,28,34)(H,30,31)/t19-,21+/m1/s1. The second-order valence-electron chi connectivity index (χ2n) is 8.43. The average molecular weight is 536 g/mol. The molecule has 0 unspecified atom stereocenters. The van der Waals surface area contributed by atoms with Gasteiger partial charge in [-0.3, -0.25) is 9.78 Å². The predicted molar refractivity (Wildman–Crippen MR) is 129 cm³/mol. The van der Waals surface area contributed by atoms with E-state index in [1.165, 1.54) is 35.7 Å². The number of sulfonamides is 1. The molecule has 2 aromatic heterocycles. The maximum Gasteiger partial charge on any atom is 0.417 e. The van der Waals surface area contributed by atoms with Gasteiger partial charge in [-0.25, -0.2) is 13.4 Å². The van der Waals surface area contributed by atoms with Crippen LogP contribution >= 0.6 is 0 Å². The SMILES string of the molecule is CNC(=O)c1cc(-c2ccc(S(=O)(=O)N3CC[C@@H](Nc4ccc(C(F)(F)F)cn4)[C@@H](O)C3)cc2)ccn1. The number of piperidine rings is 1. The monoisotopic (exact) mass is 535 g/mol. The number of aromatic nitrogens is 2. The molecule has 0 radical (unpaired) electrons. The molecule has 196 valence electrons. The molecule has 1 aliphatic heterocycles. The van der Waals surface area contributed by atoms with Gasteiger partial charge in [-0.2, -0.15) is 17.5 Å². The van der Waals surface area contributed by atoms with E-state index in [4.69, 9.17) is 0 Å². The van der Waals surface area contributed by atoms with Crippen LogP contribution in [0.4, 0.5) is 19.0 Å². The number of nitrogens with one attached hydrogen (secondary N) is 2. The molecule has 3 aromatic rings. The highest BCUT2D eigenvalue weighted by molar-refractivity contribution is 7.89. The Morgan fingerprint density at radius 3 is 2.41 bits per heavy atom. The lowest BCUT2D eigenvalue weighted by Crippen LogP contribution is -2.51. The van der Waals surface area contributed by atoms with Crippen molar-refractivity contribution in [2.75, 3.05) is 25.5 Å². The number of carbonyl (C=O) groups is 1. The number of alkyl halides is 3. The lowest BCUT2D eigenvalue weighted by Gasteiger charge is -2.35. The first-order chi connectivity index (χ1) is 17.5. The first-order valence-corrected chi connectivity index (χ1v) is 12.7. The van der Waals surface area contributed by atoms with Crippen LogP contribution in [0.2, 0.25) is 0 Å². The first-order valence-electron chi connectivity index (χ1n) is 11.3. The van der Waals surface area contributed by atoms with Crippen molar-refractivity contribution in [3.63, 3.8) is 0 Å². The van der Waals surface area contributed by atoms with Crippen LogP contribution in [-0.2, 0) is 16.2 Å². The maximum atomic E-state index is 13.2. The van der Waals surface area contributed by atoms with Gasteiger partial charge >= 0.3 is 6.18 Å². The molecule has 1 amide bonds. The number of pyridine rings is 2. The average Bonchev–Trinajstić information content (AvgIpc) is 2.89. The molecule has 1 saturated heterocycles. The van der Waals surface area contributed by atoms with Crippen molar-refractivity contribution >= 4 is 21.7 Å². The van der Waals surface area contributed by atoms with Crippen molar-refractivity contribution in [1.82, 2.24) is 19.6 Å². The lowest BCUT2D eigenvalue weighted by atomic mass is 10.0. The number of hydrogen-bond donors (Lipinski definition) is 3. The number of carbonyl (C=O) groups excluding carboxylic acids is 1. The third kappa shape index (κ3) is 5.89. The minimum absolute atomic E-state index is 0.0415. The molecule has 37 heavy (non-hydrogen) atoms. The summed E-state index contributed by atoms with van der Waals surface area (Å²) in [5, 5.41) is 15.9. The predicted octanol–water partition coefficient (Wildman–Crippen LogP) is 2.76. The fourth-order valence-electron chi connectivity index (χ4n) is 3.96. The largest absolute Gasteiger partial charge is 0.417 e. The van der Waals surface area contributed by atoms with Crippen molar-refractivity contribution in [2.24, 2.45) is 0 Å². The summed E-state index contributed by atoms with van der Waals surface area (Å²) in [6.45, 7) is -0.0957. The number of halogens is 3. The molecule has 1 aliphatic rings. The van der Waals surface area contributed by atoms with Gasteiger partial charge in [0.15, 0.2) is 0 Å². The molecule has 0 bridgehead atoms. The molecule has 1 aromatic carbocycles. The number of nitrogens with zero attached hydrogens (tertiary/aromatic N) is 3. The second-order valence-corrected chi connectivity index (χ2v) is 10.4. The van der Waals surface area contributed by atoms with Gasteiger partial charge in [0.05, 0.1) is 22.6 Å². The van der Waals surface area contributed by atoms with Crippen molar-refractivity contribution < 1.29 is 31.5 Å². The van der Waals surface area contributed by atoms with E-state index in [-0.39, 0.29) is 41.8 Å². The third-order valence-corrected chi connectivity index (χ3v) is 7.89. The van der Waals surface area contributed by atoms with Crippen LogP contribution in [0.1, 0.15) is 22.5 Å². The summed E-state index contributed by atoms with van der Waals surface area (Å²) < 4.78 is 65.7. The smallest absolute Gasteiger partial charge is 0.390 e. The molecule has 9 nitrogen and oxygen atoms in total. The third-order valence-electron chi connectivity index (χ3n) is 6.01. The van der Waals surface area contributed by atoms with Gasteiger partial charge < -0.3 is 15.7 Å². The van der Waals surface area contributed by atoms with Crippen LogP contribution in [0.3, 0.4) is 0 Å². The summed E-state index contributed by atoms with van der Waals surface area (Å²) in [6, 6.07) is 10.9. The Bertz CT molecular complexity index is 1370. The van der Waals surface area contributed by atoms with Crippen LogP contribution in [-0.4, -0.2) is 66.0 Å². The number of hydrogen-bond acceptors (Lipinski definition) is 7. The van der Waals surface area contributed by atoms with E-state index in [0.29, 0.717) is 17.3 Å². The van der Waals surface area contributed by atoms with Crippen LogP contribution < -0.4 is 10.6 Å². The Balaban J connectivity index is 1.42. The van der Waals surface area contributed by atoms with E-state index in [1.54, 1.807) is 24.3 Å². The van der Waals surface area contributed by atoms with Crippen LogP contribution in [0.5, 0.6) is 0 Å². The van der Waals surface area contributed by atoms with Gasteiger partial charge in [0.2, 0.25) is 10.0 Å². The number of benzene rings is 1. The number of β-amino-alcohol motifs (C(OH)–C–C–N with tert-alkyl or cyclic N) is 1. The summed E-state index contributed by atoms with van der Waals surface area (Å²) in [4.78, 5) is 19.6. The first kappa shape index (κ1) is 26.5. The van der Waals surface area contributed by atoms with Gasteiger partial charge in [-0.15, -0.1) is 0 Å². The van der Waals surface area contributed by atoms with Crippen molar-refractivity contribution in [1.29, 1.82) is 0 Å². The number of aliphatic hydroxyl groups is 1. The topological polar surface area (TPSA) is 125 Å². The zero-order chi connectivity index (χ0) is 26.8. The van der Waals surface area contributed by atoms with Crippen LogP contribution in [0.25, 0.3) is 11.1 Å². The second kappa shape index (κ2) is 10.4. The molecule has 3 heterocycles. The summed E-state index contributed by atoms with van der Waals surface area (Å²) >= 11 is 0. The Kier molecular flexibility index (Phi) is 7.48. The quantitative estimate of drug-likeness (QED) is 0.443. The lowest BCUT2D eigenvalue weighted by molar-refractivity contribution is -0.137. The van der Waals surface area contributed by atoms with Crippen molar-refractivity contribution in [2.45, 2.75) is 29.6 Å². The Labute approximate surface area is 211 Å². The van der Waals surface area contributed by atoms with Gasteiger partial charge in [0.1, 0.15) is 11.5 Å². The Morgan fingerprint density at radius 2 is 1.81 bits per heavy atom. The molecule has 0 aliphatic carbocycles. The summed E-state index contributed by atoms with van der Waals surface area (Å²) in [7, 11) is -2.41. The molecule has 4 rings (SSSR count). The van der Waals surface area contributed by atoms with E-state index < -0.39 is 33.9 Å². The molecule has 3 N–H and O–H groups in total. The van der Waals surface area contributed by atoms with Crippen molar-refractivity contribution in [3.05, 3.63) is 72.2 Å². The molecule has 1 fully saturated rings. The Morgan fingerprint density at radius 1 is 1.08 bits per heavy atom. The van der Waals surface area contributed by atoms with Gasteiger partial charge in [0, 0.05) is 32.5 Å². The number of amides is 1. The minimum Gasteiger partial charge on any atom is -0.390 e. The summed E-state index contributed by atoms with van der Waals surface area (Å²) in [5.74, 6) is -0.189. The normalized spacial score (nSPS) is 18.8. The minimum atomic E-state index is -4.50. The summed E-state index contributed by atoms with van der Waals surface area (Å²) in [6.07, 6.45) is -3.20. The van der Waals surface area contributed by atoms with E-state index in [1.807, 2.05) is 0 Å². The summed E-state index contributed by atoms with van der Waals surface area (Å²) in [5.41, 5.74) is 0.727. The van der Waals surface area contributed by atoms with Gasteiger partial charge in [-0.05, 0) is 53.9 Å². The van der Waals surface area contributed by atoms with Crippen LogP contribution in [0.15, 0.2) is 65.8 Å². The zero-order valence-corrected chi connectivity index (χ0v) is 20.4. The highest BCUT2D eigenvalue weighted by Gasteiger charge is 2.35. The van der Waals surface area contributed by atoms with E-state index in [9.17, 15) is 31.5 Å². The van der Waals surface area contributed by atoms with Crippen molar-refractivity contribution in [3.8, 4) is 11.1 Å². The molecular formula is C24H24F3N5O4S. The number of anilines is 1. The van der Waals surface area contributed by atoms with E-state index in [0.717, 1.165) is 6.07 Å². The zero-order valence-electron chi connectivity index (χ0n) is 19.6. The highest BCUT2D eigenvalue weighted by atomic mass is 32.2. The highest BCUT2D eigenvalue weighted by Crippen LogP contribution is 2.30. The van der Waals surface area contributed by atoms with Gasteiger partial charge in [0.25, 0.3) is 5.91 Å². The fraction of sp³-hybridized carbons (Fsp3) is 0.292. The molecule has 2 atom stereocenters. The maximum absolute atomic E-state index is 13.2. The number of rotatable bonds is 6. The Hall–Kier alpha value is -3.55. The van der Waals surface area contributed by atoms with Crippen LogP contribution in [0, 0.1) is 0 Å². The molecule has 0 spiro atoms. The van der Waals surface area contributed by atoms with E-state index in [2.05, 4.69) is 20.6 Å². The number of aliphatic hydroxyl groups excluding tert-OH is 1. The molecular weight excluding hydrogens is 511 g/mol. The molecule has 13 heteroatoms. The molecule has 0 saturated carbocycles. The van der Waals surface area contributed by atoms with Gasteiger partial charge in [-0.1, -0.05) is 12.1 Å². The fourth-order valence-corrected chi connectivity index (χ4v) is 5.43. The van der Waals surface area contributed by atoms with E-state index >= 15 is 0 Å².